The van der Waals surface area contributed by atoms with Crippen molar-refractivity contribution in [3.05, 3.63) is 56.1 Å². The van der Waals surface area contributed by atoms with E-state index in [1.807, 2.05) is 6.92 Å². The average Bonchev–Trinajstić information content (AvgIpc) is 2.43. The number of nitrogens with zero attached hydrogens (tertiary/aromatic N) is 2. The van der Waals surface area contributed by atoms with Crippen molar-refractivity contribution in [1.29, 1.82) is 0 Å². The summed E-state index contributed by atoms with van der Waals surface area (Å²) in [6, 6.07) is 8.73. The molecule has 0 radical (unpaired) electrons. The lowest BCUT2D eigenvalue weighted by atomic mass is 10.1. The fourth-order valence-corrected chi connectivity index (χ4v) is 2.94. The summed E-state index contributed by atoms with van der Waals surface area (Å²) < 4.78 is 0. The Balaban J connectivity index is 2.31. The van der Waals surface area contributed by atoms with E-state index in [2.05, 4.69) is 9.97 Å². The molecule has 0 unspecified atom stereocenters. The van der Waals surface area contributed by atoms with Crippen molar-refractivity contribution in [2.45, 2.75) is 6.92 Å². The molecule has 1 heterocycles. The van der Waals surface area contributed by atoms with Crippen LogP contribution in [0.15, 0.2) is 30.3 Å². The van der Waals surface area contributed by atoms with Crippen LogP contribution >= 0.6 is 46.4 Å². The molecule has 0 spiro atoms. The Morgan fingerprint density at radius 3 is 2.33 bits per heavy atom. The van der Waals surface area contributed by atoms with Crippen LogP contribution in [-0.2, 0) is 0 Å². The summed E-state index contributed by atoms with van der Waals surface area (Å²) in [5.74, 6) is 0.444. The topological polar surface area (TPSA) is 25.8 Å². The van der Waals surface area contributed by atoms with Crippen molar-refractivity contribution in [3.63, 3.8) is 0 Å². The van der Waals surface area contributed by atoms with Gasteiger partial charge in [0.15, 0.2) is 5.82 Å². The fourth-order valence-electron chi connectivity index (χ4n) is 2.06. The highest BCUT2D eigenvalue weighted by molar-refractivity contribution is 6.37. The number of aryl methyl sites for hydroxylation is 1. The van der Waals surface area contributed by atoms with Gasteiger partial charge in [-0.05, 0) is 42.8 Å². The highest BCUT2D eigenvalue weighted by atomic mass is 35.5. The number of halogens is 4. The Hall–Kier alpha value is -1.06. The molecule has 0 amide bonds. The number of benzene rings is 2. The lowest BCUT2D eigenvalue weighted by molar-refractivity contribution is 1.22. The Morgan fingerprint density at radius 1 is 0.857 bits per heavy atom. The molecule has 0 fully saturated rings. The number of rotatable bonds is 1. The first-order valence-corrected chi connectivity index (χ1v) is 7.56. The van der Waals surface area contributed by atoms with Gasteiger partial charge in [0.2, 0.25) is 0 Å². The Labute approximate surface area is 141 Å². The molecule has 0 aliphatic heterocycles. The second-order valence-electron chi connectivity index (χ2n) is 4.53. The van der Waals surface area contributed by atoms with Crippen molar-refractivity contribution in [3.8, 4) is 11.4 Å². The number of hydrogen-bond acceptors (Lipinski definition) is 2. The molecule has 0 N–H and O–H groups in total. The quantitative estimate of drug-likeness (QED) is 0.483. The maximum absolute atomic E-state index is 6.26. The van der Waals surface area contributed by atoms with E-state index in [1.54, 1.807) is 30.3 Å². The first kappa shape index (κ1) is 14.9. The summed E-state index contributed by atoms with van der Waals surface area (Å²) in [5, 5.41) is 2.77. The van der Waals surface area contributed by atoms with Crippen LogP contribution in [0.1, 0.15) is 5.56 Å². The standard InChI is InChI=1S/C15H8Cl4N2/c1-7-11(17)5-4-10-13(7)20-15(21-14(10)19)9-3-2-8(16)6-12(9)18/h2-6H,1H3. The molecule has 1 aromatic heterocycles. The van der Waals surface area contributed by atoms with Crippen LogP contribution in [0.25, 0.3) is 22.3 Å². The van der Waals surface area contributed by atoms with Gasteiger partial charge >= 0.3 is 0 Å². The van der Waals surface area contributed by atoms with Crippen LogP contribution in [0, 0.1) is 6.92 Å². The van der Waals surface area contributed by atoms with Crippen molar-refractivity contribution in [2.75, 3.05) is 0 Å². The smallest absolute Gasteiger partial charge is 0.163 e. The van der Waals surface area contributed by atoms with Gasteiger partial charge in [0.25, 0.3) is 0 Å². The zero-order valence-corrected chi connectivity index (χ0v) is 13.8. The monoisotopic (exact) mass is 356 g/mol. The predicted molar refractivity (Wildman–Crippen MR) is 89.8 cm³/mol. The summed E-state index contributed by atoms with van der Waals surface area (Å²) in [4.78, 5) is 8.87. The average molecular weight is 358 g/mol. The first-order chi connectivity index (χ1) is 9.97. The number of hydrogen-bond donors (Lipinski definition) is 0. The van der Waals surface area contributed by atoms with E-state index < -0.39 is 0 Å². The molecule has 6 heteroatoms. The van der Waals surface area contributed by atoms with Crippen molar-refractivity contribution in [2.24, 2.45) is 0 Å². The SMILES string of the molecule is Cc1c(Cl)ccc2c(Cl)nc(-c3ccc(Cl)cc3Cl)nc12. The van der Waals surface area contributed by atoms with Gasteiger partial charge in [-0.1, -0.05) is 46.4 Å². The lowest BCUT2D eigenvalue weighted by Gasteiger charge is -2.09. The summed E-state index contributed by atoms with van der Waals surface area (Å²) in [5.41, 5.74) is 2.23. The van der Waals surface area contributed by atoms with Crippen molar-refractivity contribution in [1.82, 2.24) is 9.97 Å². The maximum atomic E-state index is 6.26. The van der Waals surface area contributed by atoms with Crippen molar-refractivity contribution >= 4 is 57.3 Å². The molecule has 2 nitrogen and oxygen atoms in total. The molecule has 0 atom stereocenters. The fraction of sp³-hybridized carbons (Fsp3) is 0.0667. The van der Waals surface area contributed by atoms with Gasteiger partial charge < -0.3 is 0 Å². The highest BCUT2D eigenvalue weighted by Crippen LogP contribution is 2.33. The third-order valence-corrected chi connectivity index (χ3v) is 4.43. The van der Waals surface area contributed by atoms with E-state index in [4.69, 9.17) is 46.4 Å². The molecular weight excluding hydrogens is 350 g/mol. The molecule has 0 aliphatic rings. The van der Waals surface area contributed by atoms with E-state index in [-0.39, 0.29) is 0 Å². The predicted octanol–water partition coefficient (Wildman–Crippen LogP) is 6.22. The van der Waals surface area contributed by atoms with Gasteiger partial charge in [0.1, 0.15) is 5.15 Å². The maximum Gasteiger partial charge on any atom is 0.163 e. The molecule has 0 aliphatic carbocycles. The normalized spacial score (nSPS) is 11.1. The van der Waals surface area contributed by atoms with Crippen LogP contribution in [0.4, 0.5) is 0 Å². The van der Waals surface area contributed by atoms with Crippen molar-refractivity contribution < 1.29 is 0 Å². The van der Waals surface area contributed by atoms with Crippen LogP contribution in [0.2, 0.25) is 20.2 Å². The molecule has 21 heavy (non-hydrogen) atoms. The zero-order valence-electron chi connectivity index (χ0n) is 10.8. The molecule has 0 saturated carbocycles. The zero-order chi connectivity index (χ0) is 15.1. The van der Waals surface area contributed by atoms with E-state index in [9.17, 15) is 0 Å². The molecule has 3 rings (SSSR count). The molecule has 2 aromatic carbocycles. The Bertz CT molecular complexity index is 862. The van der Waals surface area contributed by atoms with E-state index >= 15 is 0 Å². The van der Waals surface area contributed by atoms with Gasteiger partial charge in [0.05, 0.1) is 10.5 Å². The molecular formula is C15H8Cl4N2. The second kappa shape index (κ2) is 5.62. The summed E-state index contributed by atoms with van der Waals surface area (Å²) in [7, 11) is 0. The van der Waals surface area contributed by atoms with Gasteiger partial charge in [-0.2, -0.15) is 0 Å². The van der Waals surface area contributed by atoms with Crippen LogP contribution in [-0.4, -0.2) is 9.97 Å². The molecule has 0 bridgehead atoms. The minimum Gasteiger partial charge on any atom is -0.228 e. The van der Waals surface area contributed by atoms with Gasteiger partial charge in [-0.15, -0.1) is 0 Å². The summed E-state index contributed by atoms with van der Waals surface area (Å²) >= 11 is 24.5. The van der Waals surface area contributed by atoms with Crippen LogP contribution in [0.3, 0.4) is 0 Å². The van der Waals surface area contributed by atoms with Crippen LogP contribution < -0.4 is 0 Å². The minimum atomic E-state index is 0.362. The third kappa shape index (κ3) is 2.69. The highest BCUT2D eigenvalue weighted by Gasteiger charge is 2.13. The summed E-state index contributed by atoms with van der Waals surface area (Å²) in [6.07, 6.45) is 0. The molecule has 3 aromatic rings. The largest absolute Gasteiger partial charge is 0.228 e. The van der Waals surface area contributed by atoms with E-state index in [0.29, 0.717) is 37.1 Å². The van der Waals surface area contributed by atoms with Gasteiger partial charge in [-0.3, -0.25) is 0 Å². The number of fused-ring (bicyclic) bond motifs is 1. The Kier molecular flexibility index (Phi) is 3.98. The molecule has 106 valence electrons. The Morgan fingerprint density at radius 2 is 1.62 bits per heavy atom. The molecule has 0 saturated heterocycles. The number of aromatic nitrogens is 2. The van der Waals surface area contributed by atoms with Gasteiger partial charge in [0, 0.05) is 21.0 Å². The van der Waals surface area contributed by atoms with E-state index in [0.717, 1.165) is 10.9 Å². The van der Waals surface area contributed by atoms with Gasteiger partial charge in [-0.25, -0.2) is 9.97 Å². The van der Waals surface area contributed by atoms with E-state index in [1.165, 1.54) is 0 Å². The first-order valence-electron chi connectivity index (χ1n) is 6.05. The summed E-state index contributed by atoms with van der Waals surface area (Å²) in [6.45, 7) is 1.89. The lowest BCUT2D eigenvalue weighted by Crippen LogP contribution is -1.95. The third-order valence-electron chi connectivity index (χ3n) is 3.18. The van der Waals surface area contributed by atoms with Crippen LogP contribution in [0.5, 0.6) is 0 Å². The minimum absolute atomic E-state index is 0.362. The second-order valence-corrected chi connectivity index (χ2v) is 6.14.